The Hall–Kier alpha value is -2.31. The first-order valence-electron chi connectivity index (χ1n) is 9.79. The predicted molar refractivity (Wildman–Crippen MR) is 109 cm³/mol. The third kappa shape index (κ3) is 3.20. The van der Waals surface area contributed by atoms with E-state index in [1.54, 1.807) is 23.5 Å². The molecule has 2 saturated heterocycles. The second-order valence-electron chi connectivity index (χ2n) is 7.70. The molecular formula is C22H22FN3OS. The van der Waals surface area contributed by atoms with Crippen molar-refractivity contribution in [2.75, 3.05) is 19.6 Å². The van der Waals surface area contributed by atoms with E-state index in [0.29, 0.717) is 24.7 Å². The second kappa shape index (κ2) is 7.26. The third-order valence-electron chi connectivity index (χ3n) is 5.97. The number of aromatic nitrogens is 1. The fraction of sp³-hybridized carbons (Fsp3) is 0.364. The van der Waals surface area contributed by atoms with Crippen LogP contribution in [0, 0.1) is 17.7 Å². The number of amides is 1. The lowest BCUT2D eigenvalue weighted by Crippen LogP contribution is -2.34. The van der Waals surface area contributed by atoms with Gasteiger partial charge in [-0.3, -0.25) is 4.79 Å². The molecule has 3 heterocycles. The summed E-state index contributed by atoms with van der Waals surface area (Å²) in [6.07, 6.45) is 1.09. The van der Waals surface area contributed by atoms with Crippen molar-refractivity contribution in [3.05, 3.63) is 64.9 Å². The maximum atomic E-state index is 13.8. The fourth-order valence-corrected chi connectivity index (χ4v) is 5.65. The summed E-state index contributed by atoms with van der Waals surface area (Å²) < 4.78 is 15.0. The van der Waals surface area contributed by atoms with Gasteiger partial charge in [0.05, 0.1) is 21.3 Å². The van der Waals surface area contributed by atoms with Crippen LogP contribution in [-0.4, -0.2) is 35.4 Å². The summed E-state index contributed by atoms with van der Waals surface area (Å²) in [5, 5.41) is 4.43. The SMILES string of the molecule is O=C(CCc1nc2ccccc2s1)N1C[C@@H]2CNC[C@@H]2[C@@H]1c1cccc(F)c1. The van der Waals surface area contributed by atoms with Crippen LogP contribution in [0.15, 0.2) is 48.5 Å². The maximum absolute atomic E-state index is 13.8. The Kier molecular flexibility index (Phi) is 4.61. The molecule has 0 bridgehead atoms. The monoisotopic (exact) mass is 395 g/mol. The van der Waals surface area contributed by atoms with Crippen LogP contribution in [-0.2, 0) is 11.2 Å². The summed E-state index contributed by atoms with van der Waals surface area (Å²) in [7, 11) is 0. The number of hydrogen-bond acceptors (Lipinski definition) is 4. The molecule has 1 aromatic heterocycles. The molecule has 4 nitrogen and oxygen atoms in total. The van der Waals surface area contributed by atoms with Gasteiger partial charge in [0.1, 0.15) is 5.82 Å². The second-order valence-corrected chi connectivity index (χ2v) is 8.82. The van der Waals surface area contributed by atoms with Crippen LogP contribution in [0.3, 0.4) is 0 Å². The summed E-state index contributed by atoms with van der Waals surface area (Å²) in [6, 6.07) is 14.7. The summed E-state index contributed by atoms with van der Waals surface area (Å²) in [4.78, 5) is 19.8. The normalized spacial score (nSPS) is 24.0. The van der Waals surface area contributed by atoms with E-state index in [1.807, 2.05) is 29.2 Å². The van der Waals surface area contributed by atoms with Crippen molar-refractivity contribution in [1.29, 1.82) is 0 Å². The van der Waals surface area contributed by atoms with Gasteiger partial charge in [0.15, 0.2) is 0 Å². The van der Waals surface area contributed by atoms with E-state index < -0.39 is 0 Å². The minimum Gasteiger partial charge on any atom is -0.335 e. The summed E-state index contributed by atoms with van der Waals surface area (Å²) in [5.41, 5.74) is 1.90. The summed E-state index contributed by atoms with van der Waals surface area (Å²) in [6.45, 7) is 2.56. The number of thiazole rings is 1. The van der Waals surface area contributed by atoms with Crippen molar-refractivity contribution in [2.45, 2.75) is 18.9 Å². The van der Waals surface area contributed by atoms with Gasteiger partial charge in [-0.1, -0.05) is 24.3 Å². The zero-order valence-electron chi connectivity index (χ0n) is 15.5. The third-order valence-corrected chi connectivity index (χ3v) is 7.06. The number of carbonyl (C=O) groups is 1. The highest BCUT2D eigenvalue weighted by molar-refractivity contribution is 7.18. The number of rotatable bonds is 4. The van der Waals surface area contributed by atoms with Crippen molar-refractivity contribution in [3.63, 3.8) is 0 Å². The molecule has 2 aromatic carbocycles. The zero-order chi connectivity index (χ0) is 19.1. The van der Waals surface area contributed by atoms with Gasteiger partial charge in [0.2, 0.25) is 5.91 Å². The van der Waals surface area contributed by atoms with Gasteiger partial charge in [0, 0.05) is 38.4 Å². The molecule has 6 heteroatoms. The molecule has 1 N–H and O–H groups in total. The maximum Gasteiger partial charge on any atom is 0.223 e. The number of likely N-dealkylation sites (tertiary alicyclic amines) is 1. The minimum atomic E-state index is -0.242. The molecule has 5 rings (SSSR count). The summed E-state index contributed by atoms with van der Waals surface area (Å²) in [5.74, 6) is 0.699. The van der Waals surface area contributed by atoms with Gasteiger partial charge in [-0.2, -0.15) is 0 Å². The molecule has 2 aliphatic rings. The Morgan fingerprint density at radius 2 is 2.11 bits per heavy atom. The lowest BCUT2D eigenvalue weighted by molar-refractivity contribution is -0.132. The van der Waals surface area contributed by atoms with Crippen molar-refractivity contribution >= 4 is 27.5 Å². The van der Waals surface area contributed by atoms with Crippen molar-refractivity contribution in [1.82, 2.24) is 15.2 Å². The average molecular weight is 396 g/mol. The van der Waals surface area contributed by atoms with Crippen LogP contribution in [0.5, 0.6) is 0 Å². The van der Waals surface area contributed by atoms with E-state index in [-0.39, 0.29) is 17.8 Å². The molecule has 0 saturated carbocycles. The minimum absolute atomic E-state index is 0.0430. The molecule has 2 aliphatic heterocycles. The zero-order valence-corrected chi connectivity index (χ0v) is 16.3. The van der Waals surface area contributed by atoms with E-state index in [1.165, 1.54) is 6.07 Å². The number of nitrogens with one attached hydrogen (secondary N) is 1. The number of halogens is 1. The number of nitrogens with zero attached hydrogens (tertiary/aromatic N) is 2. The Morgan fingerprint density at radius 3 is 2.96 bits per heavy atom. The first kappa shape index (κ1) is 17.8. The predicted octanol–water partition coefficient (Wildman–Crippen LogP) is 3.79. The van der Waals surface area contributed by atoms with Crippen molar-refractivity contribution in [3.8, 4) is 0 Å². The first-order chi connectivity index (χ1) is 13.7. The van der Waals surface area contributed by atoms with Crippen molar-refractivity contribution < 1.29 is 9.18 Å². The van der Waals surface area contributed by atoms with Gasteiger partial charge >= 0.3 is 0 Å². The Morgan fingerprint density at radius 1 is 1.21 bits per heavy atom. The van der Waals surface area contributed by atoms with E-state index in [0.717, 1.165) is 40.4 Å². The largest absolute Gasteiger partial charge is 0.335 e. The topological polar surface area (TPSA) is 45.2 Å². The van der Waals surface area contributed by atoms with Crippen LogP contribution < -0.4 is 5.32 Å². The quantitative estimate of drug-likeness (QED) is 0.731. The Balaban J connectivity index is 1.35. The lowest BCUT2D eigenvalue weighted by Gasteiger charge is -2.28. The molecule has 0 spiro atoms. The van der Waals surface area contributed by atoms with Gasteiger partial charge in [-0.15, -0.1) is 11.3 Å². The highest BCUT2D eigenvalue weighted by Gasteiger charge is 2.46. The molecule has 0 aliphatic carbocycles. The van der Waals surface area contributed by atoms with Crippen LogP contribution in [0.2, 0.25) is 0 Å². The number of fused-ring (bicyclic) bond motifs is 2. The first-order valence-corrected chi connectivity index (χ1v) is 10.6. The van der Waals surface area contributed by atoms with E-state index in [2.05, 4.69) is 16.4 Å². The molecule has 28 heavy (non-hydrogen) atoms. The highest BCUT2D eigenvalue weighted by Crippen LogP contribution is 2.43. The molecule has 2 fully saturated rings. The molecule has 0 radical (unpaired) electrons. The average Bonchev–Trinajstić information content (AvgIpc) is 3.39. The summed E-state index contributed by atoms with van der Waals surface area (Å²) >= 11 is 1.66. The van der Waals surface area contributed by atoms with Gasteiger partial charge in [-0.25, -0.2) is 9.37 Å². The molecule has 0 unspecified atom stereocenters. The Labute approximate surface area is 167 Å². The molecular weight excluding hydrogens is 373 g/mol. The lowest BCUT2D eigenvalue weighted by atomic mass is 9.89. The highest BCUT2D eigenvalue weighted by atomic mass is 32.1. The van der Waals surface area contributed by atoms with Gasteiger partial charge in [-0.05, 0) is 35.7 Å². The van der Waals surface area contributed by atoms with Crippen LogP contribution >= 0.6 is 11.3 Å². The van der Waals surface area contributed by atoms with Gasteiger partial charge in [0.25, 0.3) is 0 Å². The van der Waals surface area contributed by atoms with Crippen LogP contribution in [0.25, 0.3) is 10.2 Å². The van der Waals surface area contributed by atoms with Crippen LogP contribution in [0.4, 0.5) is 4.39 Å². The fourth-order valence-electron chi connectivity index (χ4n) is 4.68. The Bertz CT molecular complexity index is 987. The number of carbonyl (C=O) groups excluding carboxylic acids is 1. The molecule has 144 valence electrons. The van der Waals surface area contributed by atoms with Crippen molar-refractivity contribution in [2.24, 2.45) is 11.8 Å². The standard InChI is InChI=1S/C22H22FN3OS/c23-16-5-3-4-14(10-16)22-17-12-24-11-15(17)13-26(22)21(27)9-8-20-25-18-6-1-2-7-19(18)28-20/h1-7,10,15,17,22,24H,8-9,11-13H2/t15-,17-,22-/m0/s1. The number of hydrogen-bond donors (Lipinski definition) is 1. The van der Waals surface area contributed by atoms with E-state index in [9.17, 15) is 9.18 Å². The van der Waals surface area contributed by atoms with E-state index in [4.69, 9.17) is 0 Å². The molecule has 3 atom stereocenters. The van der Waals surface area contributed by atoms with Crippen LogP contribution in [0.1, 0.15) is 23.0 Å². The van der Waals surface area contributed by atoms with E-state index >= 15 is 0 Å². The number of aryl methyl sites for hydroxylation is 1. The van der Waals surface area contributed by atoms with Gasteiger partial charge < -0.3 is 10.2 Å². The molecule has 1 amide bonds. The smallest absolute Gasteiger partial charge is 0.223 e. The number of benzene rings is 2. The number of para-hydroxylation sites is 1. The molecule has 3 aromatic rings.